The Balaban J connectivity index is 1.60. The topological polar surface area (TPSA) is 93.1 Å². The molecular weight excluding hydrogens is 483 g/mol. The maximum Gasteiger partial charge on any atom is 0.266 e. The standard InChI is InChI=1S/C23H18Cl2N4O3S/c1-12-5-3-4-6-16(12)28-21(31)20-13(2)19-22(33-20)26-11-29(23(19)32)10-18(30)27-17-9-14(24)7-8-15(17)25/h3-9,11H,10H2,1-2H3,(H,27,30)(H,28,31). The number of amides is 2. The largest absolute Gasteiger partial charge is 0.323 e. The van der Waals surface area contributed by atoms with E-state index in [1.54, 1.807) is 19.1 Å². The Bertz CT molecular complexity index is 1460. The Labute approximate surface area is 203 Å². The molecule has 2 aromatic heterocycles. The summed E-state index contributed by atoms with van der Waals surface area (Å²) in [6.07, 6.45) is 1.29. The summed E-state index contributed by atoms with van der Waals surface area (Å²) in [4.78, 5) is 43.6. The van der Waals surface area contributed by atoms with E-state index < -0.39 is 11.5 Å². The quantitative estimate of drug-likeness (QED) is 0.390. The minimum absolute atomic E-state index is 0.273. The zero-order valence-corrected chi connectivity index (χ0v) is 19.9. The molecule has 0 saturated carbocycles. The van der Waals surface area contributed by atoms with Crippen molar-refractivity contribution >= 4 is 67.9 Å². The van der Waals surface area contributed by atoms with Crippen LogP contribution in [0.1, 0.15) is 20.8 Å². The first-order chi connectivity index (χ1) is 15.7. The Morgan fingerprint density at radius 1 is 1.06 bits per heavy atom. The number of aryl methyl sites for hydroxylation is 2. The fourth-order valence-corrected chi connectivity index (χ4v) is 4.69. The van der Waals surface area contributed by atoms with Crippen LogP contribution in [0, 0.1) is 13.8 Å². The number of aromatic nitrogens is 2. The molecule has 168 valence electrons. The number of carbonyl (C=O) groups is 2. The van der Waals surface area contributed by atoms with Crippen molar-refractivity contribution < 1.29 is 9.59 Å². The number of rotatable bonds is 5. The van der Waals surface area contributed by atoms with Crippen LogP contribution in [0.4, 0.5) is 11.4 Å². The van der Waals surface area contributed by atoms with Gasteiger partial charge in [-0.3, -0.25) is 19.0 Å². The second kappa shape index (κ2) is 9.35. The van der Waals surface area contributed by atoms with E-state index in [2.05, 4.69) is 15.6 Å². The minimum Gasteiger partial charge on any atom is -0.323 e. The van der Waals surface area contributed by atoms with Crippen molar-refractivity contribution in [3.63, 3.8) is 0 Å². The van der Waals surface area contributed by atoms with Gasteiger partial charge in [-0.2, -0.15) is 0 Å². The number of benzene rings is 2. The highest BCUT2D eigenvalue weighted by atomic mass is 35.5. The van der Waals surface area contributed by atoms with E-state index in [1.807, 2.05) is 31.2 Å². The molecule has 4 aromatic rings. The summed E-state index contributed by atoms with van der Waals surface area (Å²) in [6, 6.07) is 12.1. The smallest absolute Gasteiger partial charge is 0.266 e. The van der Waals surface area contributed by atoms with Crippen LogP contribution in [-0.4, -0.2) is 21.4 Å². The van der Waals surface area contributed by atoms with Crippen LogP contribution in [0.15, 0.2) is 53.6 Å². The van der Waals surface area contributed by atoms with Crippen LogP contribution in [-0.2, 0) is 11.3 Å². The monoisotopic (exact) mass is 500 g/mol. The Kier molecular flexibility index (Phi) is 6.51. The number of carbonyl (C=O) groups excluding carboxylic acids is 2. The molecule has 0 aliphatic heterocycles. The Morgan fingerprint density at radius 3 is 2.58 bits per heavy atom. The average Bonchev–Trinajstić information content (AvgIpc) is 3.11. The third-order valence-electron chi connectivity index (χ3n) is 5.03. The van der Waals surface area contributed by atoms with Crippen LogP contribution < -0.4 is 16.2 Å². The molecule has 2 aromatic carbocycles. The van der Waals surface area contributed by atoms with Gasteiger partial charge in [-0.15, -0.1) is 11.3 Å². The van der Waals surface area contributed by atoms with Crippen molar-refractivity contribution in [1.82, 2.24) is 9.55 Å². The number of nitrogens with zero attached hydrogens (tertiary/aromatic N) is 2. The molecule has 2 heterocycles. The predicted molar refractivity (Wildman–Crippen MR) is 133 cm³/mol. The van der Waals surface area contributed by atoms with Gasteiger partial charge in [0.1, 0.15) is 11.4 Å². The summed E-state index contributed by atoms with van der Waals surface area (Å²) in [6.45, 7) is 3.32. The van der Waals surface area contributed by atoms with Gasteiger partial charge in [0.2, 0.25) is 5.91 Å². The molecule has 0 atom stereocenters. The highest BCUT2D eigenvalue weighted by Gasteiger charge is 2.20. The third kappa shape index (κ3) is 4.78. The van der Waals surface area contributed by atoms with Crippen molar-refractivity contribution in [2.24, 2.45) is 0 Å². The van der Waals surface area contributed by atoms with Gasteiger partial charge >= 0.3 is 0 Å². The molecule has 4 rings (SSSR count). The number of fused-ring (bicyclic) bond motifs is 1. The van der Waals surface area contributed by atoms with Crippen LogP contribution in [0.3, 0.4) is 0 Å². The number of para-hydroxylation sites is 1. The molecule has 0 radical (unpaired) electrons. The van der Waals surface area contributed by atoms with Gasteiger partial charge in [0, 0.05) is 10.7 Å². The molecule has 0 spiro atoms. The Hall–Kier alpha value is -3.20. The van der Waals surface area contributed by atoms with Crippen LogP contribution in [0.5, 0.6) is 0 Å². The van der Waals surface area contributed by atoms with E-state index in [-0.39, 0.29) is 12.5 Å². The van der Waals surface area contributed by atoms with Crippen molar-refractivity contribution in [2.45, 2.75) is 20.4 Å². The molecule has 0 aliphatic rings. The maximum absolute atomic E-state index is 13.1. The lowest BCUT2D eigenvalue weighted by Gasteiger charge is -2.09. The van der Waals surface area contributed by atoms with Gasteiger partial charge in [-0.25, -0.2) is 4.98 Å². The molecule has 0 saturated heterocycles. The molecule has 33 heavy (non-hydrogen) atoms. The lowest BCUT2D eigenvalue weighted by molar-refractivity contribution is -0.116. The molecule has 0 fully saturated rings. The number of nitrogens with one attached hydrogen (secondary N) is 2. The second-order valence-corrected chi connectivity index (χ2v) is 9.20. The zero-order chi connectivity index (χ0) is 23.7. The first-order valence-electron chi connectivity index (χ1n) is 9.85. The van der Waals surface area contributed by atoms with E-state index in [0.717, 1.165) is 16.9 Å². The number of anilines is 2. The normalized spacial score (nSPS) is 10.9. The van der Waals surface area contributed by atoms with Crippen molar-refractivity contribution in [3.8, 4) is 0 Å². The maximum atomic E-state index is 13.1. The number of halogens is 2. The van der Waals surface area contributed by atoms with E-state index in [0.29, 0.717) is 42.1 Å². The van der Waals surface area contributed by atoms with E-state index in [1.165, 1.54) is 17.0 Å². The highest BCUT2D eigenvalue weighted by molar-refractivity contribution is 7.20. The highest BCUT2D eigenvalue weighted by Crippen LogP contribution is 2.28. The van der Waals surface area contributed by atoms with Gasteiger partial charge in [0.05, 0.1) is 27.3 Å². The number of hydrogen-bond acceptors (Lipinski definition) is 5. The lowest BCUT2D eigenvalue weighted by Crippen LogP contribution is -2.28. The van der Waals surface area contributed by atoms with E-state index >= 15 is 0 Å². The van der Waals surface area contributed by atoms with Crippen molar-refractivity contribution in [2.75, 3.05) is 10.6 Å². The molecule has 0 aliphatic carbocycles. The van der Waals surface area contributed by atoms with Gasteiger partial charge in [0.25, 0.3) is 11.5 Å². The van der Waals surface area contributed by atoms with E-state index in [9.17, 15) is 14.4 Å². The fraction of sp³-hybridized carbons (Fsp3) is 0.130. The van der Waals surface area contributed by atoms with Gasteiger partial charge in [-0.1, -0.05) is 41.4 Å². The van der Waals surface area contributed by atoms with Crippen molar-refractivity contribution in [3.05, 3.63) is 85.2 Å². The minimum atomic E-state index is -0.465. The molecule has 0 unspecified atom stereocenters. The first-order valence-corrected chi connectivity index (χ1v) is 11.4. The SMILES string of the molecule is Cc1ccccc1NC(=O)c1sc2ncn(CC(=O)Nc3cc(Cl)ccc3Cl)c(=O)c2c1C. The van der Waals surface area contributed by atoms with Gasteiger partial charge in [0.15, 0.2) is 0 Å². The number of hydrogen-bond donors (Lipinski definition) is 2. The molecular formula is C23H18Cl2N4O3S. The fourth-order valence-electron chi connectivity index (χ4n) is 3.32. The van der Waals surface area contributed by atoms with Crippen LogP contribution in [0.25, 0.3) is 10.2 Å². The summed E-state index contributed by atoms with van der Waals surface area (Å²) in [7, 11) is 0. The predicted octanol–water partition coefficient (Wildman–Crippen LogP) is 5.27. The van der Waals surface area contributed by atoms with Gasteiger partial charge < -0.3 is 10.6 Å². The van der Waals surface area contributed by atoms with Crippen LogP contribution >= 0.6 is 34.5 Å². The zero-order valence-electron chi connectivity index (χ0n) is 17.6. The lowest BCUT2D eigenvalue weighted by atomic mass is 10.2. The second-order valence-electron chi connectivity index (χ2n) is 7.36. The third-order valence-corrected chi connectivity index (χ3v) is 6.80. The average molecular weight is 501 g/mol. The van der Waals surface area contributed by atoms with Crippen molar-refractivity contribution in [1.29, 1.82) is 0 Å². The molecule has 0 bridgehead atoms. The number of thiophene rings is 1. The molecule has 10 heteroatoms. The Morgan fingerprint density at radius 2 is 1.82 bits per heavy atom. The summed E-state index contributed by atoms with van der Waals surface area (Å²) in [5.74, 6) is -0.781. The van der Waals surface area contributed by atoms with Crippen LogP contribution in [0.2, 0.25) is 10.0 Å². The molecule has 2 N–H and O–H groups in total. The summed E-state index contributed by atoms with van der Waals surface area (Å²) < 4.78 is 1.19. The summed E-state index contributed by atoms with van der Waals surface area (Å²) in [5, 5.41) is 6.57. The van der Waals surface area contributed by atoms with E-state index in [4.69, 9.17) is 23.2 Å². The molecule has 7 nitrogen and oxygen atoms in total. The summed E-state index contributed by atoms with van der Waals surface area (Å²) >= 11 is 13.2. The first kappa shape index (κ1) is 23.0. The molecule has 2 amide bonds. The van der Waals surface area contributed by atoms with Gasteiger partial charge in [-0.05, 0) is 49.2 Å². The summed E-state index contributed by atoms with van der Waals surface area (Å²) in [5.41, 5.74) is 2.08.